The topological polar surface area (TPSA) is 0 Å². The molecule has 0 amide bonds. The molecule has 0 fully saturated rings. The zero-order valence-corrected chi connectivity index (χ0v) is 9.29. The van der Waals surface area contributed by atoms with E-state index in [1.807, 2.05) is 19.9 Å². The number of hydrogen-bond donors (Lipinski definition) is 1. The molecule has 0 bridgehead atoms. The minimum atomic E-state index is -0.367. The molecule has 72 valence electrons. The Labute approximate surface area is 88.5 Å². The van der Waals surface area contributed by atoms with Gasteiger partial charge in [-0.25, -0.2) is 4.39 Å². The van der Waals surface area contributed by atoms with Crippen LogP contribution in [0.25, 0.3) is 0 Å². The molecule has 1 rings (SSSR count). The average molecular weight is 219 g/mol. The molecule has 0 unspecified atom stereocenters. The molecule has 0 atom stereocenters. The summed E-state index contributed by atoms with van der Waals surface area (Å²) in [7, 11) is 0. The van der Waals surface area contributed by atoms with E-state index < -0.39 is 0 Å². The standard InChI is InChI=1S/C10H12ClFS/c1-10(2,6-13)7-3-4-8(11)9(12)5-7/h3-5,13H,6H2,1-2H3. The predicted octanol–water partition coefficient (Wildman–Crippen LogP) is 3.69. The molecule has 13 heavy (non-hydrogen) atoms. The number of halogens is 2. The second-order valence-corrected chi connectivity index (χ2v) is 4.39. The van der Waals surface area contributed by atoms with Crippen LogP contribution in [-0.2, 0) is 5.41 Å². The van der Waals surface area contributed by atoms with Crippen molar-refractivity contribution in [3.63, 3.8) is 0 Å². The van der Waals surface area contributed by atoms with Crippen LogP contribution in [-0.4, -0.2) is 5.75 Å². The highest BCUT2D eigenvalue weighted by atomic mass is 35.5. The van der Waals surface area contributed by atoms with E-state index in [0.717, 1.165) is 5.56 Å². The van der Waals surface area contributed by atoms with Crippen molar-refractivity contribution in [2.24, 2.45) is 0 Å². The maximum absolute atomic E-state index is 13.1. The second-order valence-electron chi connectivity index (χ2n) is 3.67. The first-order valence-electron chi connectivity index (χ1n) is 4.04. The predicted molar refractivity (Wildman–Crippen MR) is 58.3 cm³/mol. The molecule has 0 aromatic heterocycles. The van der Waals surface area contributed by atoms with Crippen molar-refractivity contribution in [3.05, 3.63) is 34.6 Å². The van der Waals surface area contributed by atoms with Crippen LogP contribution < -0.4 is 0 Å². The highest BCUT2D eigenvalue weighted by Gasteiger charge is 2.19. The molecule has 0 spiro atoms. The Hall–Kier alpha value is -0.210. The van der Waals surface area contributed by atoms with Gasteiger partial charge in [-0.1, -0.05) is 31.5 Å². The van der Waals surface area contributed by atoms with Crippen LogP contribution in [0, 0.1) is 5.82 Å². The van der Waals surface area contributed by atoms with Crippen molar-refractivity contribution >= 4 is 24.2 Å². The van der Waals surface area contributed by atoms with Crippen molar-refractivity contribution in [2.75, 3.05) is 5.75 Å². The lowest BCUT2D eigenvalue weighted by atomic mass is 9.87. The molecule has 0 nitrogen and oxygen atoms in total. The fourth-order valence-corrected chi connectivity index (χ4v) is 1.31. The molecular formula is C10H12ClFS. The van der Waals surface area contributed by atoms with E-state index >= 15 is 0 Å². The summed E-state index contributed by atoms with van der Waals surface area (Å²) in [5.41, 5.74) is 0.804. The van der Waals surface area contributed by atoms with Gasteiger partial charge in [-0.3, -0.25) is 0 Å². The molecule has 3 heteroatoms. The monoisotopic (exact) mass is 218 g/mol. The van der Waals surface area contributed by atoms with Crippen LogP contribution in [0.2, 0.25) is 5.02 Å². The van der Waals surface area contributed by atoms with E-state index in [2.05, 4.69) is 12.6 Å². The average Bonchev–Trinajstić information content (AvgIpc) is 2.09. The molecular weight excluding hydrogens is 207 g/mol. The second kappa shape index (κ2) is 3.89. The van der Waals surface area contributed by atoms with Gasteiger partial charge < -0.3 is 0 Å². The van der Waals surface area contributed by atoms with Gasteiger partial charge in [0, 0.05) is 0 Å². The number of thiol groups is 1. The third-order valence-electron chi connectivity index (χ3n) is 2.10. The summed E-state index contributed by atoms with van der Waals surface area (Å²) in [5.74, 6) is 0.308. The number of benzene rings is 1. The van der Waals surface area contributed by atoms with E-state index in [1.54, 1.807) is 6.07 Å². The molecule has 0 N–H and O–H groups in total. The van der Waals surface area contributed by atoms with E-state index in [1.165, 1.54) is 6.07 Å². The molecule has 1 aromatic rings. The lowest BCUT2D eigenvalue weighted by Crippen LogP contribution is -2.19. The van der Waals surface area contributed by atoms with Crippen molar-refractivity contribution < 1.29 is 4.39 Å². The Bertz CT molecular complexity index is 310. The molecule has 0 saturated heterocycles. The Morgan fingerprint density at radius 3 is 2.54 bits per heavy atom. The first kappa shape index (κ1) is 10.9. The zero-order valence-electron chi connectivity index (χ0n) is 7.64. The zero-order chi connectivity index (χ0) is 10.1. The van der Waals surface area contributed by atoms with Gasteiger partial charge in [0.2, 0.25) is 0 Å². The molecule has 1 aromatic carbocycles. The Kier molecular flexibility index (Phi) is 3.25. The first-order valence-corrected chi connectivity index (χ1v) is 5.05. The SMILES string of the molecule is CC(C)(CS)c1ccc(Cl)c(F)c1. The fraction of sp³-hybridized carbons (Fsp3) is 0.400. The van der Waals surface area contributed by atoms with Crippen molar-refractivity contribution in [2.45, 2.75) is 19.3 Å². The van der Waals surface area contributed by atoms with Gasteiger partial charge in [0.05, 0.1) is 5.02 Å². The molecule has 0 aliphatic rings. The summed E-state index contributed by atoms with van der Waals surface area (Å²) in [5, 5.41) is 0.165. The van der Waals surface area contributed by atoms with Gasteiger partial charge in [-0.2, -0.15) is 12.6 Å². The van der Waals surface area contributed by atoms with Crippen LogP contribution in [0.5, 0.6) is 0 Å². The van der Waals surface area contributed by atoms with Gasteiger partial charge in [0.15, 0.2) is 0 Å². The fourth-order valence-electron chi connectivity index (χ4n) is 1.01. The molecule has 0 saturated carbocycles. The number of hydrogen-bond acceptors (Lipinski definition) is 1. The van der Waals surface area contributed by atoms with E-state index in [0.29, 0.717) is 5.75 Å². The van der Waals surface area contributed by atoms with Gasteiger partial charge in [-0.15, -0.1) is 0 Å². The van der Waals surface area contributed by atoms with Crippen LogP contribution in [0.1, 0.15) is 19.4 Å². The van der Waals surface area contributed by atoms with Crippen molar-refractivity contribution in [3.8, 4) is 0 Å². The van der Waals surface area contributed by atoms with E-state index in [-0.39, 0.29) is 16.3 Å². The third-order valence-corrected chi connectivity index (χ3v) is 3.19. The number of rotatable bonds is 2. The van der Waals surface area contributed by atoms with Gasteiger partial charge in [0.1, 0.15) is 5.82 Å². The molecule has 0 aliphatic carbocycles. The lowest BCUT2D eigenvalue weighted by molar-refractivity contribution is 0.582. The first-order chi connectivity index (χ1) is 5.97. The minimum absolute atomic E-state index is 0.117. The summed E-state index contributed by atoms with van der Waals surface area (Å²) >= 11 is 9.80. The summed E-state index contributed by atoms with van der Waals surface area (Å²) in [6.07, 6.45) is 0. The van der Waals surface area contributed by atoms with Crippen molar-refractivity contribution in [1.82, 2.24) is 0 Å². The quantitative estimate of drug-likeness (QED) is 0.720. The lowest BCUT2D eigenvalue weighted by Gasteiger charge is -2.22. The van der Waals surface area contributed by atoms with Crippen LogP contribution in [0.4, 0.5) is 4.39 Å². The van der Waals surface area contributed by atoms with Gasteiger partial charge in [0.25, 0.3) is 0 Å². The summed E-state index contributed by atoms with van der Waals surface area (Å²) < 4.78 is 13.1. The maximum Gasteiger partial charge on any atom is 0.142 e. The largest absolute Gasteiger partial charge is 0.205 e. The van der Waals surface area contributed by atoms with E-state index in [9.17, 15) is 4.39 Å². The Morgan fingerprint density at radius 2 is 2.08 bits per heavy atom. The highest BCUT2D eigenvalue weighted by molar-refractivity contribution is 7.80. The Balaban J connectivity index is 3.10. The highest BCUT2D eigenvalue weighted by Crippen LogP contribution is 2.27. The molecule has 0 aliphatic heterocycles. The van der Waals surface area contributed by atoms with Crippen LogP contribution >= 0.6 is 24.2 Å². The van der Waals surface area contributed by atoms with Gasteiger partial charge >= 0.3 is 0 Å². The minimum Gasteiger partial charge on any atom is -0.205 e. The third kappa shape index (κ3) is 2.38. The Morgan fingerprint density at radius 1 is 1.46 bits per heavy atom. The van der Waals surface area contributed by atoms with E-state index in [4.69, 9.17) is 11.6 Å². The maximum atomic E-state index is 13.1. The summed E-state index contributed by atoms with van der Waals surface area (Å²) in [6, 6.07) is 4.89. The smallest absolute Gasteiger partial charge is 0.142 e. The van der Waals surface area contributed by atoms with Crippen LogP contribution in [0.3, 0.4) is 0 Å². The molecule has 0 heterocycles. The summed E-state index contributed by atoms with van der Waals surface area (Å²) in [4.78, 5) is 0. The van der Waals surface area contributed by atoms with Gasteiger partial charge in [-0.05, 0) is 28.9 Å². The van der Waals surface area contributed by atoms with Crippen molar-refractivity contribution in [1.29, 1.82) is 0 Å². The summed E-state index contributed by atoms with van der Waals surface area (Å²) in [6.45, 7) is 4.03. The van der Waals surface area contributed by atoms with Crippen LogP contribution in [0.15, 0.2) is 18.2 Å². The normalized spacial score (nSPS) is 11.8. The molecule has 0 radical (unpaired) electrons.